The summed E-state index contributed by atoms with van der Waals surface area (Å²) in [5, 5.41) is 0.712. The van der Waals surface area contributed by atoms with E-state index < -0.39 is 0 Å². The van der Waals surface area contributed by atoms with Crippen LogP contribution in [0.4, 0.5) is 0 Å². The number of rotatable bonds is 3. The van der Waals surface area contributed by atoms with Gasteiger partial charge in [0.05, 0.1) is 11.9 Å². The minimum atomic E-state index is 0.671. The smallest absolute Gasteiger partial charge is 0.150 e. The second-order valence-electron chi connectivity index (χ2n) is 5.54. The van der Waals surface area contributed by atoms with Crippen molar-refractivity contribution in [3.63, 3.8) is 0 Å². The van der Waals surface area contributed by atoms with Crippen LogP contribution in [0.25, 0.3) is 28.0 Å². The van der Waals surface area contributed by atoms with Crippen LogP contribution in [0, 0.1) is 0 Å². The number of carbonyl (C=O) groups is 1. The molecule has 0 saturated heterocycles. The molecule has 0 bridgehead atoms. The summed E-state index contributed by atoms with van der Waals surface area (Å²) in [4.78, 5) is 15.3. The van der Waals surface area contributed by atoms with E-state index in [0.29, 0.717) is 10.6 Å². The number of hydrogen-bond donors (Lipinski definition) is 0. The van der Waals surface area contributed by atoms with Crippen molar-refractivity contribution in [3.05, 3.63) is 83.6 Å². The molecule has 0 spiro atoms. The lowest BCUT2D eigenvalue weighted by atomic mass is 10.1. The van der Waals surface area contributed by atoms with Crippen LogP contribution in [-0.4, -0.2) is 15.7 Å². The number of pyridine rings is 1. The third kappa shape index (κ3) is 2.59. The summed E-state index contributed by atoms with van der Waals surface area (Å²) in [6.45, 7) is 0. The average molecular weight is 333 g/mol. The summed E-state index contributed by atoms with van der Waals surface area (Å²) in [6.07, 6.45) is 4.77. The minimum Gasteiger partial charge on any atom is -0.299 e. The molecule has 24 heavy (non-hydrogen) atoms. The van der Waals surface area contributed by atoms with Crippen molar-refractivity contribution in [2.45, 2.75) is 0 Å². The van der Waals surface area contributed by atoms with Gasteiger partial charge >= 0.3 is 0 Å². The monoisotopic (exact) mass is 332 g/mol. The van der Waals surface area contributed by atoms with E-state index in [4.69, 9.17) is 11.6 Å². The van der Waals surface area contributed by atoms with Gasteiger partial charge in [0.2, 0.25) is 0 Å². The fourth-order valence-corrected chi connectivity index (χ4v) is 2.87. The Morgan fingerprint density at radius 1 is 0.833 bits per heavy atom. The summed E-state index contributed by atoms with van der Waals surface area (Å²) >= 11 is 5.97. The number of fused-ring (bicyclic) bond motifs is 1. The maximum absolute atomic E-state index is 10.8. The lowest BCUT2D eigenvalue weighted by Crippen LogP contribution is -1.90. The van der Waals surface area contributed by atoms with Crippen molar-refractivity contribution in [2.24, 2.45) is 0 Å². The first-order valence-corrected chi connectivity index (χ1v) is 7.91. The van der Waals surface area contributed by atoms with E-state index in [9.17, 15) is 4.79 Å². The van der Waals surface area contributed by atoms with E-state index in [0.717, 1.165) is 34.3 Å². The highest BCUT2D eigenvalue weighted by atomic mass is 35.5. The number of nitrogens with zero attached hydrogens (tertiary/aromatic N) is 2. The van der Waals surface area contributed by atoms with Gasteiger partial charge in [-0.25, -0.2) is 4.98 Å². The van der Waals surface area contributed by atoms with Gasteiger partial charge < -0.3 is 0 Å². The number of hydrogen-bond acceptors (Lipinski definition) is 2. The van der Waals surface area contributed by atoms with Crippen LogP contribution < -0.4 is 0 Å². The zero-order valence-electron chi connectivity index (χ0n) is 12.7. The highest BCUT2D eigenvalue weighted by molar-refractivity contribution is 6.30. The SMILES string of the molecule is O=Cc1ccc(-c2ccc3ncc(-c4ccc(Cl)cc4)n3c2)cc1. The molecule has 2 heterocycles. The molecule has 0 saturated carbocycles. The standard InChI is InChI=1S/C20H13ClN2O/c21-18-8-5-16(6-9-18)19-11-22-20-10-7-17(12-23(19)20)15-3-1-14(13-24)2-4-15/h1-13H. The number of imidazole rings is 1. The first kappa shape index (κ1) is 14.7. The van der Waals surface area contributed by atoms with Crippen LogP contribution >= 0.6 is 11.6 Å². The minimum absolute atomic E-state index is 0.671. The van der Waals surface area contributed by atoms with Gasteiger partial charge in [-0.15, -0.1) is 0 Å². The van der Waals surface area contributed by atoms with E-state index in [2.05, 4.69) is 15.6 Å². The predicted octanol–water partition coefficient (Wildman–Crippen LogP) is 5.13. The molecule has 2 aromatic carbocycles. The molecular formula is C20H13ClN2O. The van der Waals surface area contributed by atoms with Gasteiger partial charge in [-0.1, -0.05) is 48.0 Å². The van der Waals surface area contributed by atoms with Crippen LogP contribution in [0.5, 0.6) is 0 Å². The number of halogens is 1. The zero-order chi connectivity index (χ0) is 16.5. The molecule has 0 fully saturated rings. The number of carbonyl (C=O) groups excluding carboxylic acids is 1. The molecule has 0 radical (unpaired) electrons. The predicted molar refractivity (Wildman–Crippen MR) is 96.5 cm³/mol. The third-order valence-corrected chi connectivity index (χ3v) is 4.28. The Kier molecular flexibility index (Phi) is 3.63. The maximum atomic E-state index is 10.8. The largest absolute Gasteiger partial charge is 0.299 e. The first-order chi connectivity index (χ1) is 11.7. The normalized spacial score (nSPS) is 10.9. The average Bonchev–Trinajstić information content (AvgIpc) is 3.05. The molecule has 4 aromatic rings. The van der Waals surface area contributed by atoms with Crippen molar-refractivity contribution in [1.82, 2.24) is 9.38 Å². The summed E-state index contributed by atoms with van der Waals surface area (Å²) in [5.41, 5.74) is 5.73. The van der Waals surface area contributed by atoms with Crippen molar-refractivity contribution < 1.29 is 4.79 Å². The molecule has 0 N–H and O–H groups in total. The Balaban J connectivity index is 1.83. The topological polar surface area (TPSA) is 34.4 Å². The van der Waals surface area contributed by atoms with Crippen LogP contribution in [0.15, 0.2) is 73.1 Å². The number of benzene rings is 2. The van der Waals surface area contributed by atoms with Crippen molar-refractivity contribution in [1.29, 1.82) is 0 Å². The lowest BCUT2D eigenvalue weighted by molar-refractivity contribution is 0.112. The highest BCUT2D eigenvalue weighted by Crippen LogP contribution is 2.26. The summed E-state index contributed by atoms with van der Waals surface area (Å²) in [7, 11) is 0. The van der Waals surface area contributed by atoms with Crippen LogP contribution in [0.1, 0.15) is 10.4 Å². The molecule has 0 aliphatic carbocycles. The van der Waals surface area contributed by atoms with Crippen LogP contribution in [0.2, 0.25) is 5.02 Å². The second-order valence-corrected chi connectivity index (χ2v) is 5.97. The van der Waals surface area contributed by atoms with Crippen LogP contribution in [0.3, 0.4) is 0 Å². The molecule has 2 aromatic heterocycles. The molecule has 3 nitrogen and oxygen atoms in total. The van der Waals surface area contributed by atoms with Crippen molar-refractivity contribution in [3.8, 4) is 22.4 Å². The van der Waals surface area contributed by atoms with E-state index in [1.807, 2.05) is 66.9 Å². The van der Waals surface area contributed by atoms with Crippen molar-refractivity contribution >= 4 is 23.5 Å². The Labute approximate surface area is 144 Å². The van der Waals surface area contributed by atoms with Gasteiger partial charge in [0.1, 0.15) is 11.9 Å². The summed E-state index contributed by atoms with van der Waals surface area (Å²) in [6, 6.07) is 19.3. The molecule has 0 aliphatic heterocycles. The fraction of sp³-hybridized carbons (Fsp3) is 0. The number of aldehydes is 1. The van der Waals surface area contributed by atoms with Gasteiger partial charge in [-0.05, 0) is 35.4 Å². The molecule has 0 aliphatic rings. The lowest BCUT2D eigenvalue weighted by Gasteiger charge is -2.06. The Hall–Kier alpha value is -2.91. The molecular weight excluding hydrogens is 320 g/mol. The van der Waals surface area contributed by atoms with Gasteiger partial charge in [0.25, 0.3) is 0 Å². The summed E-state index contributed by atoms with van der Waals surface area (Å²) in [5.74, 6) is 0. The molecule has 0 amide bonds. The van der Waals surface area contributed by atoms with E-state index in [1.54, 1.807) is 0 Å². The molecule has 4 heteroatoms. The number of aromatic nitrogens is 2. The first-order valence-electron chi connectivity index (χ1n) is 7.53. The Morgan fingerprint density at radius 3 is 2.21 bits per heavy atom. The highest BCUT2D eigenvalue weighted by Gasteiger charge is 2.07. The van der Waals surface area contributed by atoms with E-state index in [1.165, 1.54) is 0 Å². The Bertz CT molecular complexity index is 1020. The van der Waals surface area contributed by atoms with E-state index in [-0.39, 0.29) is 0 Å². The van der Waals surface area contributed by atoms with Gasteiger partial charge in [-0.3, -0.25) is 9.20 Å². The zero-order valence-corrected chi connectivity index (χ0v) is 13.4. The maximum Gasteiger partial charge on any atom is 0.150 e. The van der Waals surface area contributed by atoms with Gasteiger partial charge in [-0.2, -0.15) is 0 Å². The quantitative estimate of drug-likeness (QED) is 0.487. The third-order valence-electron chi connectivity index (χ3n) is 4.03. The van der Waals surface area contributed by atoms with Crippen LogP contribution in [-0.2, 0) is 0 Å². The molecule has 0 atom stereocenters. The van der Waals surface area contributed by atoms with E-state index >= 15 is 0 Å². The fourth-order valence-electron chi connectivity index (χ4n) is 2.74. The summed E-state index contributed by atoms with van der Waals surface area (Å²) < 4.78 is 2.06. The van der Waals surface area contributed by atoms with Gasteiger partial charge in [0.15, 0.2) is 0 Å². The molecule has 4 rings (SSSR count). The van der Waals surface area contributed by atoms with Gasteiger partial charge in [0, 0.05) is 22.3 Å². The molecule has 116 valence electrons. The second kappa shape index (κ2) is 5.95. The Morgan fingerprint density at radius 2 is 1.50 bits per heavy atom. The molecule has 0 unspecified atom stereocenters. The van der Waals surface area contributed by atoms with Crippen molar-refractivity contribution in [2.75, 3.05) is 0 Å².